The van der Waals surface area contributed by atoms with E-state index in [-0.39, 0.29) is 0 Å². The number of hydrogen-bond donors (Lipinski definition) is 1. The molecular formula is C16H22N2S. The van der Waals surface area contributed by atoms with Gasteiger partial charge >= 0.3 is 0 Å². The molecule has 102 valence electrons. The predicted molar refractivity (Wildman–Crippen MR) is 84.9 cm³/mol. The van der Waals surface area contributed by atoms with E-state index in [1.165, 1.54) is 10.6 Å². The monoisotopic (exact) mass is 274 g/mol. The molecule has 1 heterocycles. The van der Waals surface area contributed by atoms with Crippen LogP contribution in [0.2, 0.25) is 0 Å². The fourth-order valence-corrected chi connectivity index (χ4v) is 2.91. The van der Waals surface area contributed by atoms with Crippen LogP contribution in [0.1, 0.15) is 24.3 Å². The van der Waals surface area contributed by atoms with Crippen molar-refractivity contribution in [2.45, 2.75) is 19.4 Å². The van der Waals surface area contributed by atoms with Gasteiger partial charge in [0.25, 0.3) is 0 Å². The molecule has 1 aromatic heterocycles. The van der Waals surface area contributed by atoms with Crippen LogP contribution in [0.15, 0.2) is 47.8 Å². The maximum atomic E-state index is 3.45. The fourth-order valence-electron chi connectivity index (χ4n) is 2.06. The number of anilines is 1. The summed E-state index contributed by atoms with van der Waals surface area (Å²) in [7, 11) is 2.20. The lowest BCUT2D eigenvalue weighted by Crippen LogP contribution is -2.24. The van der Waals surface area contributed by atoms with Crippen molar-refractivity contribution < 1.29 is 0 Å². The maximum absolute atomic E-state index is 3.45. The Labute approximate surface area is 120 Å². The Balaban J connectivity index is 1.68. The van der Waals surface area contributed by atoms with Gasteiger partial charge in [-0.05, 0) is 44.0 Å². The maximum Gasteiger partial charge on any atom is 0.0410 e. The highest BCUT2D eigenvalue weighted by molar-refractivity contribution is 7.10. The second kappa shape index (κ2) is 7.31. The Morgan fingerprint density at radius 2 is 1.95 bits per heavy atom. The number of para-hydroxylation sites is 1. The lowest BCUT2D eigenvalue weighted by molar-refractivity contribution is 0.264. The first-order valence-corrected chi connectivity index (χ1v) is 7.68. The molecule has 0 saturated heterocycles. The highest BCUT2D eigenvalue weighted by Gasteiger charge is 2.11. The Hall–Kier alpha value is -1.32. The summed E-state index contributed by atoms with van der Waals surface area (Å²) in [5.41, 5.74) is 1.21. The summed E-state index contributed by atoms with van der Waals surface area (Å²) in [5, 5.41) is 5.60. The van der Waals surface area contributed by atoms with Crippen molar-refractivity contribution in [3.8, 4) is 0 Å². The Morgan fingerprint density at radius 1 is 1.16 bits per heavy atom. The van der Waals surface area contributed by atoms with E-state index in [1.807, 2.05) is 17.4 Å². The minimum atomic E-state index is 0.511. The highest BCUT2D eigenvalue weighted by atomic mass is 32.1. The smallest absolute Gasteiger partial charge is 0.0410 e. The van der Waals surface area contributed by atoms with Crippen LogP contribution >= 0.6 is 11.3 Å². The molecule has 0 saturated carbocycles. The van der Waals surface area contributed by atoms with Crippen molar-refractivity contribution in [1.82, 2.24) is 4.90 Å². The second-order valence-corrected chi connectivity index (χ2v) is 5.80. The van der Waals surface area contributed by atoms with Crippen LogP contribution in [0, 0.1) is 0 Å². The zero-order valence-corrected chi connectivity index (χ0v) is 12.5. The first-order chi connectivity index (χ1) is 9.27. The molecule has 0 aliphatic carbocycles. The molecule has 0 aliphatic heterocycles. The van der Waals surface area contributed by atoms with Gasteiger partial charge in [-0.2, -0.15) is 0 Å². The third kappa shape index (κ3) is 4.37. The normalized spacial score (nSPS) is 12.6. The molecule has 2 rings (SSSR count). The zero-order valence-electron chi connectivity index (χ0n) is 11.7. The molecule has 2 nitrogen and oxygen atoms in total. The SMILES string of the molecule is CC(c1cccs1)N(C)CCCNc1ccccc1. The minimum absolute atomic E-state index is 0.511. The van der Waals surface area contributed by atoms with Crippen molar-refractivity contribution in [2.75, 3.05) is 25.5 Å². The minimum Gasteiger partial charge on any atom is -0.385 e. The van der Waals surface area contributed by atoms with Gasteiger partial charge in [-0.25, -0.2) is 0 Å². The highest BCUT2D eigenvalue weighted by Crippen LogP contribution is 2.23. The van der Waals surface area contributed by atoms with E-state index >= 15 is 0 Å². The van der Waals surface area contributed by atoms with Crippen LogP contribution < -0.4 is 5.32 Å². The van der Waals surface area contributed by atoms with Crippen LogP contribution in [-0.4, -0.2) is 25.0 Å². The van der Waals surface area contributed by atoms with Crippen molar-refractivity contribution in [3.05, 3.63) is 52.7 Å². The topological polar surface area (TPSA) is 15.3 Å². The van der Waals surface area contributed by atoms with E-state index in [2.05, 4.69) is 66.0 Å². The van der Waals surface area contributed by atoms with E-state index in [1.54, 1.807) is 0 Å². The van der Waals surface area contributed by atoms with Gasteiger partial charge in [0.05, 0.1) is 0 Å². The molecule has 1 aromatic carbocycles. The van der Waals surface area contributed by atoms with Crippen molar-refractivity contribution >= 4 is 17.0 Å². The van der Waals surface area contributed by atoms with Gasteiger partial charge in [-0.3, -0.25) is 4.90 Å². The quantitative estimate of drug-likeness (QED) is 0.760. The molecule has 2 aromatic rings. The average molecular weight is 274 g/mol. The molecular weight excluding hydrogens is 252 g/mol. The van der Waals surface area contributed by atoms with E-state index in [9.17, 15) is 0 Å². The molecule has 0 aliphatic rings. The number of nitrogens with one attached hydrogen (secondary N) is 1. The van der Waals surface area contributed by atoms with Crippen molar-refractivity contribution in [2.24, 2.45) is 0 Å². The number of rotatable bonds is 7. The summed E-state index contributed by atoms with van der Waals surface area (Å²) in [5.74, 6) is 0. The van der Waals surface area contributed by atoms with Gasteiger partial charge in [-0.15, -0.1) is 11.3 Å². The fraction of sp³-hybridized carbons (Fsp3) is 0.375. The van der Waals surface area contributed by atoms with Crippen LogP contribution in [0.4, 0.5) is 5.69 Å². The third-order valence-electron chi connectivity index (χ3n) is 3.41. The van der Waals surface area contributed by atoms with Gasteiger partial charge in [0.1, 0.15) is 0 Å². The van der Waals surface area contributed by atoms with Gasteiger partial charge < -0.3 is 5.32 Å². The molecule has 0 fully saturated rings. The number of thiophene rings is 1. The lowest BCUT2D eigenvalue weighted by atomic mass is 10.2. The summed E-state index contributed by atoms with van der Waals surface area (Å²) in [6, 6.07) is 15.2. The Bertz CT molecular complexity index is 453. The zero-order chi connectivity index (χ0) is 13.5. The predicted octanol–water partition coefficient (Wildman–Crippen LogP) is 4.24. The molecule has 1 unspecified atom stereocenters. The first kappa shape index (κ1) is 14.1. The number of nitrogens with zero attached hydrogens (tertiary/aromatic N) is 1. The van der Waals surface area contributed by atoms with Gasteiger partial charge in [0.15, 0.2) is 0 Å². The van der Waals surface area contributed by atoms with Crippen molar-refractivity contribution in [3.63, 3.8) is 0 Å². The van der Waals surface area contributed by atoms with Crippen LogP contribution in [0.3, 0.4) is 0 Å². The summed E-state index contributed by atoms with van der Waals surface area (Å²) >= 11 is 1.84. The first-order valence-electron chi connectivity index (χ1n) is 6.80. The lowest BCUT2D eigenvalue weighted by Gasteiger charge is -2.23. The summed E-state index contributed by atoms with van der Waals surface area (Å²) in [6.45, 7) is 4.40. The molecule has 1 N–H and O–H groups in total. The van der Waals surface area contributed by atoms with Crippen LogP contribution in [-0.2, 0) is 0 Å². The number of benzene rings is 1. The van der Waals surface area contributed by atoms with E-state index in [4.69, 9.17) is 0 Å². The molecule has 0 radical (unpaired) electrons. The largest absolute Gasteiger partial charge is 0.385 e. The Kier molecular flexibility index (Phi) is 5.43. The van der Waals surface area contributed by atoms with Crippen LogP contribution in [0.5, 0.6) is 0 Å². The van der Waals surface area contributed by atoms with E-state index < -0.39 is 0 Å². The molecule has 0 bridgehead atoms. The van der Waals surface area contributed by atoms with Gasteiger partial charge in [-0.1, -0.05) is 24.3 Å². The summed E-state index contributed by atoms with van der Waals surface area (Å²) < 4.78 is 0. The molecule has 0 spiro atoms. The standard InChI is InChI=1S/C16H22N2S/c1-14(16-10-6-13-19-16)18(2)12-7-11-17-15-8-4-3-5-9-15/h3-6,8-10,13-14,17H,7,11-12H2,1-2H3. The van der Waals surface area contributed by atoms with Gasteiger partial charge in [0.2, 0.25) is 0 Å². The average Bonchev–Trinajstić information content (AvgIpc) is 2.98. The molecule has 3 heteroatoms. The van der Waals surface area contributed by atoms with Gasteiger partial charge in [0, 0.05) is 29.7 Å². The van der Waals surface area contributed by atoms with Crippen LogP contribution in [0.25, 0.3) is 0 Å². The third-order valence-corrected chi connectivity index (χ3v) is 4.45. The molecule has 0 amide bonds. The Morgan fingerprint density at radius 3 is 2.63 bits per heavy atom. The van der Waals surface area contributed by atoms with E-state index in [0.717, 1.165) is 19.5 Å². The molecule has 19 heavy (non-hydrogen) atoms. The van der Waals surface area contributed by atoms with Crippen molar-refractivity contribution in [1.29, 1.82) is 0 Å². The van der Waals surface area contributed by atoms with E-state index in [0.29, 0.717) is 6.04 Å². The second-order valence-electron chi connectivity index (χ2n) is 4.82. The molecule has 1 atom stereocenters. The summed E-state index contributed by atoms with van der Waals surface area (Å²) in [6.07, 6.45) is 1.15. The summed E-state index contributed by atoms with van der Waals surface area (Å²) in [4.78, 5) is 3.86. The number of hydrogen-bond acceptors (Lipinski definition) is 3.